The summed E-state index contributed by atoms with van der Waals surface area (Å²) in [6.07, 6.45) is 0.378. The molecule has 2 aromatic rings. The second kappa shape index (κ2) is 6.68. The molecule has 1 aromatic heterocycles. The van der Waals surface area contributed by atoms with Crippen LogP contribution in [0.4, 0.5) is 0 Å². The van der Waals surface area contributed by atoms with Gasteiger partial charge in [-0.05, 0) is 36.2 Å². The number of carboxylic acids is 1. The van der Waals surface area contributed by atoms with Crippen LogP contribution in [0, 0.1) is 11.3 Å². The number of nitrogens with zero attached hydrogens (tertiary/aromatic N) is 1. The Bertz CT molecular complexity index is 714. The van der Waals surface area contributed by atoms with E-state index in [0.29, 0.717) is 23.7 Å². The van der Waals surface area contributed by atoms with Crippen molar-refractivity contribution in [3.63, 3.8) is 0 Å². The molecule has 22 heavy (non-hydrogen) atoms. The first-order chi connectivity index (χ1) is 10.6. The SMILES string of the molecule is COc1ccc(CC(C#N)c2ccc(C(=O)O)o2)cc1OC. The first kappa shape index (κ1) is 15.4. The van der Waals surface area contributed by atoms with Crippen LogP contribution >= 0.6 is 0 Å². The van der Waals surface area contributed by atoms with Gasteiger partial charge in [-0.1, -0.05) is 6.07 Å². The lowest BCUT2D eigenvalue weighted by Gasteiger charge is -2.11. The Balaban J connectivity index is 2.23. The van der Waals surface area contributed by atoms with Crippen molar-refractivity contribution in [2.24, 2.45) is 0 Å². The highest BCUT2D eigenvalue weighted by Crippen LogP contribution is 2.30. The molecule has 0 fully saturated rings. The van der Waals surface area contributed by atoms with Gasteiger partial charge in [0.2, 0.25) is 5.76 Å². The third-order valence-corrected chi connectivity index (χ3v) is 3.22. The lowest BCUT2D eigenvalue weighted by molar-refractivity contribution is 0.0660. The summed E-state index contributed by atoms with van der Waals surface area (Å²) in [5, 5.41) is 18.2. The van der Waals surface area contributed by atoms with Crippen molar-refractivity contribution in [3.05, 3.63) is 47.4 Å². The standard InChI is InChI=1S/C16H15NO5/c1-20-13-4-3-10(8-15(13)21-2)7-11(9-17)12-5-6-14(22-12)16(18)19/h3-6,8,11H,7H2,1-2H3,(H,18,19). The molecular weight excluding hydrogens is 286 g/mol. The number of furan rings is 1. The van der Waals surface area contributed by atoms with Crippen molar-refractivity contribution in [1.29, 1.82) is 5.26 Å². The molecule has 1 heterocycles. The van der Waals surface area contributed by atoms with Crippen molar-refractivity contribution in [1.82, 2.24) is 0 Å². The van der Waals surface area contributed by atoms with Gasteiger partial charge in [0.1, 0.15) is 11.7 Å². The topological polar surface area (TPSA) is 92.7 Å². The molecule has 0 aliphatic heterocycles. The monoisotopic (exact) mass is 301 g/mol. The first-order valence-corrected chi connectivity index (χ1v) is 6.52. The van der Waals surface area contributed by atoms with Crippen LogP contribution in [0.2, 0.25) is 0 Å². The van der Waals surface area contributed by atoms with E-state index >= 15 is 0 Å². The summed E-state index contributed by atoms with van der Waals surface area (Å²) < 4.78 is 15.6. The lowest BCUT2D eigenvalue weighted by Crippen LogP contribution is -2.01. The van der Waals surface area contributed by atoms with E-state index in [1.165, 1.54) is 19.2 Å². The number of benzene rings is 1. The second-order valence-electron chi connectivity index (χ2n) is 4.58. The number of methoxy groups -OCH3 is 2. The summed E-state index contributed by atoms with van der Waals surface area (Å²) in [6, 6.07) is 10.3. The Morgan fingerprint density at radius 1 is 1.27 bits per heavy atom. The lowest BCUT2D eigenvalue weighted by atomic mass is 9.98. The number of rotatable bonds is 6. The fourth-order valence-electron chi connectivity index (χ4n) is 2.11. The van der Waals surface area contributed by atoms with Gasteiger partial charge in [-0.3, -0.25) is 0 Å². The van der Waals surface area contributed by atoms with Gasteiger partial charge >= 0.3 is 5.97 Å². The highest BCUT2D eigenvalue weighted by molar-refractivity contribution is 5.84. The van der Waals surface area contributed by atoms with E-state index in [0.717, 1.165) is 5.56 Å². The van der Waals surface area contributed by atoms with Gasteiger partial charge in [-0.25, -0.2) is 4.79 Å². The van der Waals surface area contributed by atoms with Crippen LogP contribution in [-0.2, 0) is 6.42 Å². The van der Waals surface area contributed by atoms with Crippen molar-refractivity contribution >= 4 is 5.97 Å². The summed E-state index contributed by atoms with van der Waals surface area (Å²) in [5.74, 6) is -0.411. The molecule has 0 aliphatic rings. The zero-order valence-electron chi connectivity index (χ0n) is 12.2. The number of carboxylic acid groups (broad SMARTS) is 1. The number of hydrogen-bond donors (Lipinski definition) is 1. The minimum Gasteiger partial charge on any atom is -0.493 e. The number of carbonyl (C=O) groups is 1. The molecule has 0 saturated carbocycles. The molecule has 0 saturated heterocycles. The van der Waals surface area contributed by atoms with Crippen LogP contribution in [0.25, 0.3) is 0 Å². The molecule has 0 aliphatic carbocycles. The molecule has 0 spiro atoms. The molecular formula is C16H15NO5. The van der Waals surface area contributed by atoms with Crippen LogP contribution in [0.15, 0.2) is 34.7 Å². The maximum atomic E-state index is 10.8. The smallest absolute Gasteiger partial charge is 0.371 e. The molecule has 1 unspecified atom stereocenters. The highest BCUT2D eigenvalue weighted by Gasteiger charge is 2.19. The average Bonchev–Trinajstić information content (AvgIpc) is 3.02. The van der Waals surface area contributed by atoms with Gasteiger partial charge in [-0.15, -0.1) is 0 Å². The van der Waals surface area contributed by atoms with Crippen LogP contribution in [-0.4, -0.2) is 25.3 Å². The van der Waals surface area contributed by atoms with E-state index in [2.05, 4.69) is 6.07 Å². The van der Waals surface area contributed by atoms with E-state index in [1.54, 1.807) is 19.2 Å². The largest absolute Gasteiger partial charge is 0.493 e. The number of nitriles is 1. The maximum Gasteiger partial charge on any atom is 0.371 e. The van der Waals surface area contributed by atoms with E-state index in [4.69, 9.17) is 19.0 Å². The Kier molecular flexibility index (Phi) is 4.69. The fraction of sp³-hybridized carbons (Fsp3) is 0.250. The highest BCUT2D eigenvalue weighted by atomic mass is 16.5. The van der Waals surface area contributed by atoms with Crippen LogP contribution in [0.5, 0.6) is 11.5 Å². The van der Waals surface area contributed by atoms with Crippen molar-refractivity contribution in [2.75, 3.05) is 14.2 Å². The molecule has 6 heteroatoms. The van der Waals surface area contributed by atoms with E-state index < -0.39 is 11.9 Å². The van der Waals surface area contributed by atoms with Gasteiger partial charge in [0, 0.05) is 0 Å². The Hall–Kier alpha value is -2.94. The van der Waals surface area contributed by atoms with Crippen LogP contribution in [0.1, 0.15) is 27.8 Å². The molecule has 0 radical (unpaired) electrons. The van der Waals surface area contributed by atoms with E-state index in [9.17, 15) is 10.1 Å². The first-order valence-electron chi connectivity index (χ1n) is 6.52. The van der Waals surface area contributed by atoms with Gasteiger partial charge in [-0.2, -0.15) is 5.26 Å². The Morgan fingerprint density at radius 2 is 2.00 bits per heavy atom. The maximum absolute atomic E-state index is 10.8. The summed E-state index contributed by atoms with van der Waals surface area (Å²) in [5.41, 5.74) is 0.859. The third kappa shape index (κ3) is 3.20. The predicted octanol–water partition coefficient (Wildman–Crippen LogP) is 2.84. The quantitative estimate of drug-likeness (QED) is 0.882. The minimum atomic E-state index is -1.16. The molecule has 1 atom stereocenters. The van der Waals surface area contributed by atoms with Gasteiger partial charge in [0.25, 0.3) is 0 Å². The summed E-state index contributed by atoms with van der Waals surface area (Å²) in [7, 11) is 3.08. The zero-order chi connectivity index (χ0) is 16.1. The van der Waals surface area contributed by atoms with Crippen molar-refractivity contribution in [2.45, 2.75) is 12.3 Å². The molecule has 114 valence electrons. The Labute approximate surface area is 127 Å². The fourth-order valence-corrected chi connectivity index (χ4v) is 2.11. The summed E-state index contributed by atoms with van der Waals surface area (Å²) >= 11 is 0. The van der Waals surface area contributed by atoms with Gasteiger partial charge < -0.3 is 19.0 Å². The van der Waals surface area contributed by atoms with E-state index in [-0.39, 0.29) is 5.76 Å². The Morgan fingerprint density at radius 3 is 2.55 bits per heavy atom. The van der Waals surface area contributed by atoms with Crippen LogP contribution < -0.4 is 9.47 Å². The minimum absolute atomic E-state index is 0.178. The van der Waals surface area contributed by atoms with Gasteiger partial charge in [0.05, 0.1) is 20.3 Å². The van der Waals surface area contributed by atoms with Gasteiger partial charge in [0.15, 0.2) is 11.5 Å². The molecule has 0 amide bonds. The molecule has 6 nitrogen and oxygen atoms in total. The predicted molar refractivity (Wildman–Crippen MR) is 77.3 cm³/mol. The molecule has 1 aromatic carbocycles. The zero-order valence-corrected chi connectivity index (χ0v) is 12.2. The van der Waals surface area contributed by atoms with Crippen LogP contribution in [0.3, 0.4) is 0 Å². The summed E-state index contributed by atoms with van der Waals surface area (Å²) in [4.78, 5) is 10.8. The summed E-state index contributed by atoms with van der Waals surface area (Å²) in [6.45, 7) is 0. The van der Waals surface area contributed by atoms with E-state index in [1.807, 2.05) is 6.07 Å². The normalized spacial score (nSPS) is 11.5. The number of ether oxygens (including phenoxy) is 2. The second-order valence-corrected chi connectivity index (χ2v) is 4.58. The average molecular weight is 301 g/mol. The van der Waals surface area contributed by atoms with Crippen molar-refractivity contribution in [3.8, 4) is 17.6 Å². The number of hydrogen-bond acceptors (Lipinski definition) is 5. The van der Waals surface area contributed by atoms with Crippen molar-refractivity contribution < 1.29 is 23.8 Å². The number of aromatic carboxylic acids is 1. The molecule has 0 bridgehead atoms. The molecule has 1 N–H and O–H groups in total. The third-order valence-electron chi connectivity index (χ3n) is 3.22. The molecule has 2 rings (SSSR count).